The minimum absolute atomic E-state index is 0.315. The number of hydrogen-bond donors (Lipinski definition) is 1. The molecule has 4 rings (SSSR count). The van der Waals surface area contributed by atoms with E-state index in [0.717, 1.165) is 62.7 Å². The maximum Gasteiger partial charge on any atom is 0.196 e. The van der Waals surface area contributed by atoms with Gasteiger partial charge in [0, 0.05) is 32.1 Å². The summed E-state index contributed by atoms with van der Waals surface area (Å²) in [5.41, 5.74) is 3.04. The Labute approximate surface area is 148 Å². The van der Waals surface area contributed by atoms with Gasteiger partial charge in [-0.15, -0.1) is 0 Å². The van der Waals surface area contributed by atoms with Crippen LogP contribution in [0, 0.1) is 5.92 Å². The summed E-state index contributed by atoms with van der Waals surface area (Å²) < 4.78 is 7.64. The third kappa shape index (κ3) is 3.51. The van der Waals surface area contributed by atoms with Gasteiger partial charge in [-0.05, 0) is 31.2 Å². The number of nitrogens with zero attached hydrogens (tertiary/aromatic N) is 4. The highest BCUT2D eigenvalue weighted by atomic mass is 16.3. The van der Waals surface area contributed by atoms with Gasteiger partial charge in [0.2, 0.25) is 0 Å². The first-order valence-corrected chi connectivity index (χ1v) is 9.51. The van der Waals surface area contributed by atoms with Gasteiger partial charge in [-0.3, -0.25) is 9.58 Å². The zero-order chi connectivity index (χ0) is 17.4. The number of fused-ring (bicyclic) bond motifs is 1. The molecule has 2 aliphatic rings. The Hall–Kier alpha value is -1.66. The molecule has 2 aromatic rings. The molecule has 1 N–H and O–H groups in total. The lowest BCUT2D eigenvalue weighted by molar-refractivity contribution is 0.0581. The van der Waals surface area contributed by atoms with Crippen LogP contribution in [0.5, 0.6) is 0 Å². The Morgan fingerprint density at radius 2 is 2.12 bits per heavy atom. The number of aromatic nitrogens is 3. The lowest BCUT2D eigenvalue weighted by atomic mass is 9.80. The molecule has 1 fully saturated rings. The van der Waals surface area contributed by atoms with Crippen LogP contribution >= 0.6 is 0 Å². The molecule has 6 nitrogen and oxygen atoms in total. The van der Waals surface area contributed by atoms with Gasteiger partial charge in [0.25, 0.3) is 0 Å². The summed E-state index contributed by atoms with van der Waals surface area (Å²) >= 11 is 0. The lowest BCUT2D eigenvalue weighted by Gasteiger charge is -2.29. The summed E-state index contributed by atoms with van der Waals surface area (Å²) in [6.07, 6.45) is 5.93. The van der Waals surface area contributed by atoms with E-state index in [-0.39, 0.29) is 0 Å². The highest BCUT2D eigenvalue weighted by Crippen LogP contribution is 2.37. The van der Waals surface area contributed by atoms with Crippen LogP contribution in [-0.2, 0) is 19.6 Å². The molecule has 6 heteroatoms. The molecular weight excluding hydrogens is 316 g/mol. The first-order valence-electron chi connectivity index (χ1n) is 9.51. The van der Waals surface area contributed by atoms with Crippen molar-refractivity contribution in [3.8, 4) is 0 Å². The van der Waals surface area contributed by atoms with E-state index in [0.29, 0.717) is 11.8 Å². The second kappa shape index (κ2) is 6.92. The van der Waals surface area contributed by atoms with E-state index >= 15 is 0 Å². The molecule has 2 aromatic heterocycles. The molecule has 25 heavy (non-hydrogen) atoms. The zero-order valence-corrected chi connectivity index (χ0v) is 15.2. The number of aryl methyl sites for hydroxylation is 1. The van der Waals surface area contributed by atoms with Crippen molar-refractivity contribution in [2.45, 2.75) is 71.2 Å². The normalized spacial score (nSPS) is 20.3. The van der Waals surface area contributed by atoms with Crippen LogP contribution in [0.4, 0.5) is 0 Å². The highest BCUT2D eigenvalue weighted by molar-refractivity contribution is 5.15. The van der Waals surface area contributed by atoms with Gasteiger partial charge in [-0.1, -0.05) is 20.3 Å². The third-order valence-electron chi connectivity index (χ3n) is 5.46. The molecule has 0 radical (unpaired) electrons. The van der Waals surface area contributed by atoms with Crippen molar-refractivity contribution >= 4 is 0 Å². The van der Waals surface area contributed by atoms with Crippen molar-refractivity contribution in [1.29, 1.82) is 0 Å². The minimum Gasteiger partial charge on any atom is -0.448 e. The second-order valence-corrected chi connectivity index (χ2v) is 7.82. The molecule has 1 atom stereocenters. The van der Waals surface area contributed by atoms with Crippen LogP contribution in [0.1, 0.15) is 74.5 Å². The number of rotatable bonds is 5. The minimum atomic E-state index is -0.397. The van der Waals surface area contributed by atoms with Crippen molar-refractivity contribution in [2.24, 2.45) is 5.92 Å². The van der Waals surface area contributed by atoms with Crippen LogP contribution in [0.15, 0.2) is 16.7 Å². The Morgan fingerprint density at radius 1 is 1.28 bits per heavy atom. The standard InChI is InChI=1S/C19H28N4O2/c1-13(2)19-20-15(12-25-19)10-22-7-4-8-23-16(11-22)9-17(21-23)18(24)14-5-3-6-14/h9,12-14,18,24H,3-8,10-11H2,1-2H3/t18-/m0/s1. The van der Waals surface area contributed by atoms with Crippen molar-refractivity contribution in [1.82, 2.24) is 19.7 Å². The SMILES string of the molecule is CC(C)c1nc(CN2CCCn3nc([C@@H](O)C4CCC4)cc3C2)co1. The zero-order valence-electron chi connectivity index (χ0n) is 15.2. The second-order valence-electron chi connectivity index (χ2n) is 7.82. The van der Waals surface area contributed by atoms with Crippen molar-refractivity contribution in [3.05, 3.63) is 35.3 Å². The Morgan fingerprint density at radius 3 is 2.80 bits per heavy atom. The van der Waals surface area contributed by atoms with Crippen LogP contribution in [0.3, 0.4) is 0 Å². The van der Waals surface area contributed by atoms with Gasteiger partial charge < -0.3 is 9.52 Å². The fourth-order valence-corrected chi connectivity index (χ4v) is 3.72. The summed E-state index contributed by atoms with van der Waals surface area (Å²) in [6, 6.07) is 2.10. The molecule has 0 saturated heterocycles. The molecule has 1 saturated carbocycles. The smallest absolute Gasteiger partial charge is 0.196 e. The van der Waals surface area contributed by atoms with E-state index in [1.807, 2.05) is 0 Å². The molecule has 3 heterocycles. The molecule has 1 aliphatic carbocycles. The number of hydrogen-bond acceptors (Lipinski definition) is 5. The van der Waals surface area contributed by atoms with E-state index in [1.165, 1.54) is 12.1 Å². The monoisotopic (exact) mass is 344 g/mol. The van der Waals surface area contributed by atoms with Crippen LogP contribution in [-0.4, -0.2) is 31.3 Å². The van der Waals surface area contributed by atoms with Crippen LogP contribution in [0.2, 0.25) is 0 Å². The Bertz CT molecular complexity index is 717. The van der Waals surface area contributed by atoms with Crippen molar-refractivity contribution < 1.29 is 9.52 Å². The summed E-state index contributed by atoms with van der Waals surface area (Å²) in [5.74, 6) is 1.52. The predicted octanol–water partition coefficient (Wildman–Crippen LogP) is 3.23. The Balaban J connectivity index is 1.45. The first kappa shape index (κ1) is 16.8. The summed E-state index contributed by atoms with van der Waals surface area (Å²) in [4.78, 5) is 6.99. The molecule has 1 aliphatic heterocycles. The van der Waals surface area contributed by atoms with Gasteiger partial charge in [0.05, 0.1) is 17.1 Å². The first-order chi connectivity index (χ1) is 12.1. The number of aliphatic hydroxyl groups is 1. The average molecular weight is 344 g/mol. The van der Waals surface area contributed by atoms with Crippen molar-refractivity contribution in [3.63, 3.8) is 0 Å². The quantitative estimate of drug-likeness (QED) is 0.902. The highest BCUT2D eigenvalue weighted by Gasteiger charge is 2.29. The summed E-state index contributed by atoms with van der Waals surface area (Å²) in [7, 11) is 0. The molecule has 136 valence electrons. The van der Waals surface area contributed by atoms with E-state index < -0.39 is 6.10 Å². The fraction of sp³-hybridized carbons (Fsp3) is 0.684. The van der Waals surface area contributed by atoms with E-state index in [2.05, 4.69) is 39.6 Å². The topological polar surface area (TPSA) is 67.3 Å². The summed E-state index contributed by atoms with van der Waals surface area (Å²) in [6.45, 7) is 7.76. The maximum atomic E-state index is 10.5. The van der Waals surface area contributed by atoms with Crippen molar-refractivity contribution in [2.75, 3.05) is 6.54 Å². The molecule has 0 unspecified atom stereocenters. The maximum absolute atomic E-state index is 10.5. The molecule has 0 bridgehead atoms. The fourth-order valence-electron chi connectivity index (χ4n) is 3.72. The van der Waals surface area contributed by atoms with Crippen LogP contribution < -0.4 is 0 Å². The largest absolute Gasteiger partial charge is 0.448 e. The number of aliphatic hydroxyl groups excluding tert-OH is 1. The Kier molecular flexibility index (Phi) is 4.65. The predicted molar refractivity (Wildman–Crippen MR) is 93.9 cm³/mol. The van der Waals surface area contributed by atoms with Crippen LogP contribution in [0.25, 0.3) is 0 Å². The third-order valence-corrected chi connectivity index (χ3v) is 5.46. The van der Waals surface area contributed by atoms with E-state index in [4.69, 9.17) is 4.42 Å². The molecule has 0 amide bonds. The van der Waals surface area contributed by atoms with E-state index in [9.17, 15) is 5.11 Å². The molecule has 0 aromatic carbocycles. The van der Waals surface area contributed by atoms with Gasteiger partial charge in [-0.2, -0.15) is 5.10 Å². The average Bonchev–Trinajstić information content (AvgIpc) is 3.09. The number of oxazole rings is 1. The van der Waals surface area contributed by atoms with E-state index in [1.54, 1.807) is 6.26 Å². The van der Waals surface area contributed by atoms with Gasteiger partial charge in [0.15, 0.2) is 5.89 Å². The van der Waals surface area contributed by atoms with Gasteiger partial charge >= 0.3 is 0 Å². The van der Waals surface area contributed by atoms with Gasteiger partial charge in [-0.25, -0.2) is 4.98 Å². The summed E-state index contributed by atoms with van der Waals surface area (Å²) in [5, 5.41) is 15.2. The molecular formula is C19H28N4O2. The molecule has 0 spiro atoms. The lowest BCUT2D eigenvalue weighted by Crippen LogP contribution is -2.23. The van der Waals surface area contributed by atoms with Gasteiger partial charge in [0.1, 0.15) is 12.4 Å².